The second-order valence-corrected chi connectivity index (χ2v) is 8.86. The van der Waals surface area contributed by atoms with Gasteiger partial charge in [-0.1, -0.05) is 6.42 Å². The number of hydrogen-bond donors (Lipinski definition) is 2. The predicted octanol–water partition coefficient (Wildman–Crippen LogP) is 2.04. The zero-order chi connectivity index (χ0) is 18.7. The minimum Gasteiger partial charge on any atom is -0.353 e. The van der Waals surface area contributed by atoms with Crippen molar-refractivity contribution in [2.24, 2.45) is 23.5 Å². The number of nitrogens with one attached hydrogen (secondary N) is 1. The molecule has 0 spiro atoms. The van der Waals surface area contributed by atoms with Crippen LogP contribution in [0.25, 0.3) is 0 Å². The summed E-state index contributed by atoms with van der Waals surface area (Å²) in [4.78, 5) is 28.5. The van der Waals surface area contributed by atoms with Crippen LogP contribution in [0.4, 0.5) is 0 Å². The smallest absolute Gasteiger partial charge is 0.223 e. The molecule has 2 unspecified atom stereocenters. The second-order valence-electron chi connectivity index (χ2n) is 8.86. The number of carbonyl (C=O) groups excluding carboxylic acids is 2. The summed E-state index contributed by atoms with van der Waals surface area (Å²) in [5.41, 5.74) is 6.35. The van der Waals surface area contributed by atoms with Crippen molar-refractivity contribution in [2.75, 3.05) is 33.7 Å². The maximum absolute atomic E-state index is 12.8. The Morgan fingerprint density at radius 2 is 1.61 bits per heavy atom. The Labute approximate surface area is 182 Å². The molecule has 8 heteroatoms. The lowest BCUT2D eigenvalue weighted by atomic mass is 9.65. The Hall–Kier alpha value is -0.560. The van der Waals surface area contributed by atoms with E-state index in [1.54, 1.807) is 19.0 Å². The fraction of sp³-hybridized carbons (Fsp3) is 0.900. The van der Waals surface area contributed by atoms with Gasteiger partial charge in [-0.3, -0.25) is 9.59 Å². The van der Waals surface area contributed by atoms with Crippen LogP contribution in [0.5, 0.6) is 0 Å². The normalized spacial score (nSPS) is 30.5. The van der Waals surface area contributed by atoms with E-state index < -0.39 is 0 Å². The van der Waals surface area contributed by atoms with Crippen LogP contribution < -0.4 is 11.1 Å². The first-order valence-corrected chi connectivity index (χ1v) is 10.4. The first kappa shape index (κ1) is 25.5. The first-order valence-electron chi connectivity index (χ1n) is 10.4. The molecular weight excluding hydrogens is 399 g/mol. The van der Waals surface area contributed by atoms with Crippen LogP contribution in [0, 0.1) is 17.8 Å². The topological polar surface area (TPSA) is 78.7 Å². The monoisotopic (exact) mass is 436 g/mol. The highest BCUT2D eigenvalue weighted by atomic mass is 35.5. The fourth-order valence-electron chi connectivity index (χ4n) is 5.10. The van der Waals surface area contributed by atoms with Gasteiger partial charge in [-0.15, -0.1) is 24.8 Å². The maximum Gasteiger partial charge on any atom is 0.223 e. The molecular formula is C20H38Cl2N4O2. The molecule has 1 saturated heterocycles. The van der Waals surface area contributed by atoms with E-state index in [1.165, 1.54) is 19.3 Å². The quantitative estimate of drug-likeness (QED) is 0.690. The summed E-state index contributed by atoms with van der Waals surface area (Å²) in [5.74, 6) is 1.71. The van der Waals surface area contributed by atoms with Crippen molar-refractivity contribution >= 4 is 36.6 Å². The Morgan fingerprint density at radius 3 is 2.14 bits per heavy atom. The number of nitrogens with two attached hydrogens (primary N) is 1. The third-order valence-electron chi connectivity index (χ3n) is 6.86. The number of rotatable bonds is 5. The van der Waals surface area contributed by atoms with Gasteiger partial charge in [0, 0.05) is 58.2 Å². The van der Waals surface area contributed by atoms with Gasteiger partial charge >= 0.3 is 0 Å². The lowest BCUT2D eigenvalue weighted by molar-refractivity contribution is -0.129. The molecule has 3 aliphatic rings. The van der Waals surface area contributed by atoms with Crippen LogP contribution in [-0.2, 0) is 9.59 Å². The number of hydrogen-bond acceptors (Lipinski definition) is 4. The van der Waals surface area contributed by atoms with E-state index in [1.807, 2.05) is 0 Å². The number of piperidine rings is 1. The number of carbonyl (C=O) groups is 2. The summed E-state index contributed by atoms with van der Waals surface area (Å²) in [6.45, 7) is 2.75. The van der Waals surface area contributed by atoms with Crippen molar-refractivity contribution in [3.8, 4) is 0 Å². The molecule has 3 N–H and O–H groups in total. The van der Waals surface area contributed by atoms with Gasteiger partial charge in [-0.2, -0.15) is 0 Å². The zero-order valence-corrected chi connectivity index (χ0v) is 18.9. The third-order valence-corrected chi connectivity index (χ3v) is 6.86. The molecule has 3 fully saturated rings. The molecule has 2 aliphatic carbocycles. The van der Waals surface area contributed by atoms with Crippen LogP contribution in [0.2, 0.25) is 0 Å². The van der Waals surface area contributed by atoms with Gasteiger partial charge in [0.2, 0.25) is 11.8 Å². The molecule has 2 amide bonds. The van der Waals surface area contributed by atoms with Crippen molar-refractivity contribution in [2.45, 2.75) is 63.5 Å². The maximum atomic E-state index is 12.8. The Morgan fingerprint density at radius 1 is 1.04 bits per heavy atom. The largest absolute Gasteiger partial charge is 0.353 e. The van der Waals surface area contributed by atoms with Crippen molar-refractivity contribution in [3.05, 3.63) is 0 Å². The molecule has 1 aliphatic heterocycles. The minimum atomic E-state index is 0. The van der Waals surface area contributed by atoms with Crippen molar-refractivity contribution in [3.63, 3.8) is 0 Å². The third kappa shape index (κ3) is 6.48. The van der Waals surface area contributed by atoms with E-state index in [2.05, 4.69) is 10.2 Å². The number of fused-ring (bicyclic) bond motifs is 2. The van der Waals surface area contributed by atoms with E-state index in [9.17, 15) is 9.59 Å². The molecule has 28 heavy (non-hydrogen) atoms. The highest BCUT2D eigenvalue weighted by Crippen LogP contribution is 2.41. The predicted molar refractivity (Wildman–Crippen MR) is 117 cm³/mol. The van der Waals surface area contributed by atoms with E-state index in [0.29, 0.717) is 30.3 Å². The van der Waals surface area contributed by atoms with E-state index in [4.69, 9.17) is 5.73 Å². The summed E-state index contributed by atoms with van der Waals surface area (Å²) in [5, 5.41) is 3.31. The number of amides is 2. The molecule has 0 radical (unpaired) electrons. The van der Waals surface area contributed by atoms with Crippen LogP contribution in [0.3, 0.4) is 0 Å². The molecule has 2 atom stereocenters. The SMILES string of the molecule is CN(C)C(=O)CCN1CCC(NC(=O)C2CC3CCCC(C2)C3N)CC1.Cl.Cl. The molecule has 1 heterocycles. The van der Waals surface area contributed by atoms with Gasteiger partial charge in [0.1, 0.15) is 0 Å². The van der Waals surface area contributed by atoms with E-state index in [-0.39, 0.29) is 42.5 Å². The average Bonchev–Trinajstić information content (AvgIpc) is 2.60. The number of likely N-dealkylation sites (tertiary alicyclic amines) is 1. The molecule has 2 bridgehead atoms. The summed E-state index contributed by atoms with van der Waals surface area (Å²) in [6.07, 6.45) is 8.20. The highest BCUT2D eigenvalue weighted by molar-refractivity contribution is 5.85. The lowest BCUT2D eigenvalue weighted by Gasteiger charge is -2.44. The molecule has 6 nitrogen and oxygen atoms in total. The van der Waals surface area contributed by atoms with Crippen molar-refractivity contribution < 1.29 is 9.59 Å². The van der Waals surface area contributed by atoms with Gasteiger partial charge < -0.3 is 20.9 Å². The fourth-order valence-corrected chi connectivity index (χ4v) is 5.10. The van der Waals surface area contributed by atoms with Crippen molar-refractivity contribution in [1.29, 1.82) is 0 Å². The van der Waals surface area contributed by atoms with Crippen LogP contribution in [0.1, 0.15) is 51.4 Å². The van der Waals surface area contributed by atoms with Crippen LogP contribution >= 0.6 is 24.8 Å². The number of halogens is 2. The molecule has 164 valence electrons. The summed E-state index contributed by atoms with van der Waals surface area (Å²) in [7, 11) is 3.60. The van der Waals surface area contributed by atoms with Gasteiger partial charge in [0.25, 0.3) is 0 Å². The Bertz CT molecular complexity index is 498. The van der Waals surface area contributed by atoms with Crippen molar-refractivity contribution in [1.82, 2.24) is 15.1 Å². The van der Waals surface area contributed by atoms with Gasteiger partial charge in [0.15, 0.2) is 0 Å². The summed E-state index contributed by atoms with van der Waals surface area (Å²) in [6, 6.07) is 0.611. The highest BCUT2D eigenvalue weighted by Gasteiger charge is 2.40. The molecule has 0 aromatic rings. The van der Waals surface area contributed by atoms with Gasteiger partial charge in [-0.05, 0) is 50.4 Å². The summed E-state index contributed by atoms with van der Waals surface area (Å²) < 4.78 is 0. The minimum absolute atomic E-state index is 0. The lowest BCUT2D eigenvalue weighted by Crippen LogP contribution is -2.51. The Kier molecular flexibility index (Phi) is 10.5. The van der Waals surface area contributed by atoms with E-state index in [0.717, 1.165) is 45.3 Å². The van der Waals surface area contributed by atoms with Crippen LogP contribution in [0.15, 0.2) is 0 Å². The molecule has 3 rings (SSSR count). The molecule has 2 saturated carbocycles. The second kappa shape index (κ2) is 11.6. The Balaban J connectivity index is 0.00000196. The van der Waals surface area contributed by atoms with Gasteiger partial charge in [0.05, 0.1) is 0 Å². The van der Waals surface area contributed by atoms with Gasteiger partial charge in [-0.25, -0.2) is 0 Å². The average molecular weight is 437 g/mol. The molecule has 0 aromatic carbocycles. The summed E-state index contributed by atoms with van der Waals surface area (Å²) >= 11 is 0. The van der Waals surface area contributed by atoms with E-state index >= 15 is 0 Å². The zero-order valence-electron chi connectivity index (χ0n) is 17.3. The first-order chi connectivity index (χ1) is 12.4. The standard InChI is InChI=1S/C20H36N4O2.2ClH/c1-23(2)18(25)8-11-24-9-6-17(7-10-24)22-20(26)16-12-14-4-3-5-15(13-16)19(14)21;;/h14-17,19H,3-13,21H2,1-2H3,(H,22,26);2*1H. The number of nitrogens with zero attached hydrogens (tertiary/aromatic N) is 2. The van der Waals surface area contributed by atoms with Crippen LogP contribution in [-0.4, -0.2) is 67.4 Å². The molecule has 0 aromatic heterocycles.